The third kappa shape index (κ3) is 3.93. The van der Waals surface area contributed by atoms with Crippen molar-refractivity contribution in [3.8, 4) is 0 Å². The fraction of sp³-hybridized carbons (Fsp3) is 0.571. The first-order chi connectivity index (χ1) is 9.89. The maximum absolute atomic E-state index is 13.1. The summed E-state index contributed by atoms with van der Waals surface area (Å²) in [5, 5.41) is 0. The summed E-state index contributed by atoms with van der Waals surface area (Å²) in [7, 11) is 0. The van der Waals surface area contributed by atoms with Crippen LogP contribution in [0.5, 0.6) is 0 Å². The summed E-state index contributed by atoms with van der Waals surface area (Å²) in [4.78, 5) is 16.9. The lowest BCUT2D eigenvalue weighted by Crippen LogP contribution is -2.59. The number of aryl methyl sites for hydroxylation is 1. The zero-order chi connectivity index (χ0) is 15.5. The number of ether oxygens (including phenoxy) is 1. The molecule has 0 saturated carbocycles. The molecule has 0 spiro atoms. The monoisotopic (exact) mass is 302 g/mol. The van der Waals surface area contributed by atoms with Crippen molar-refractivity contribution in [2.24, 2.45) is 0 Å². The average molecular weight is 302 g/mol. The van der Waals surface area contributed by atoms with Gasteiger partial charge in [0.15, 0.2) is 6.04 Å². The van der Waals surface area contributed by atoms with Gasteiger partial charge in [-0.2, -0.15) is 13.2 Å². The molecule has 2 heterocycles. The van der Waals surface area contributed by atoms with Crippen LogP contribution < -0.4 is 0 Å². The Morgan fingerprint density at radius 1 is 1.52 bits per heavy atom. The first kappa shape index (κ1) is 15.8. The van der Waals surface area contributed by atoms with Crippen LogP contribution in [0.4, 0.5) is 13.2 Å². The fourth-order valence-electron chi connectivity index (χ4n) is 2.48. The standard InChI is InChI=1S/C14H17F3N2O2/c1-10-13(14(15,16)17)19(7-8-21-10)12(20)5-4-11-3-2-6-18-9-11/h2-3,6,9-10,13H,4-5,7-8H2,1H3/t10-,13-/m0/s1. The molecule has 2 atom stereocenters. The molecule has 0 bridgehead atoms. The molecule has 7 heteroatoms. The molecule has 1 aliphatic heterocycles. The van der Waals surface area contributed by atoms with Crippen LogP contribution in [0.2, 0.25) is 0 Å². The lowest BCUT2D eigenvalue weighted by Gasteiger charge is -2.40. The number of halogens is 3. The Kier molecular flexibility index (Phi) is 4.82. The zero-order valence-electron chi connectivity index (χ0n) is 11.6. The SMILES string of the molecule is C[C@@H]1OCCN(C(=O)CCc2cccnc2)[C@@H]1C(F)(F)F. The van der Waals surface area contributed by atoms with Gasteiger partial charge in [-0.1, -0.05) is 6.07 Å². The maximum atomic E-state index is 13.1. The van der Waals surface area contributed by atoms with Crippen molar-refractivity contribution in [2.75, 3.05) is 13.2 Å². The molecule has 21 heavy (non-hydrogen) atoms. The molecule has 0 N–H and O–H groups in total. The molecule has 1 aromatic rings. The highest BCUT2D eigenvalue weighted by Gasteiger charge is 2.50. The smallest absolute Gasteiger partial charge is 0.374 e. The maximum Gasteiger partial charge on any atom is 0.411 e. The molecule has 1 aromatic heterocycles. The minimum Gasteiger partial charge on any atom is -0.374 e. The minimum absolute atomic E-state index is 0.0274. The van der Waals surface area contributed by atoms with Crippen molar-refractivity contribution in [1.29, 1.82) is 0 Å². The second-order valence-electron chi connectivity index (χ2n) is 5.01. The van der Waals surface area contributed by atoms with Crippen LogP contribution in [0.1, 0.15) is 18.9 Å². The van der Waals surface area contributed by atoms with Crippen LogP contribution in [0, 0.1) is 0 Å². The van der Waals surface area contributed by atoms with Gasteiger partial charge in [-0.15, -0.1) is 0 Å². The number of hydrogen-bond acceptors (Lipinski definition) is 3. The second-order valence-corrected chi connectivity index (χ2v) is 5.01. The number of morpholine rings is 1. The van der Waals surface area contributed by atoms with Crippen LogP contribution in [0.3, 0.4) is 0 Å². The van der Waals surface area contributed by atoms with E-state index in [0.717, 1.165) is 10.5 Å². The summed E-state index contributed by atoms with van der Waals surface area (Å²) in [5.74, 6) is -0.503. The van der Waals surface area contributed by atoms with Gasteiger partial charge in [0.1, 0.15) is 0 Å². The van der Waals surface area contributed by atoms with E-state index in [1.165, 1.54) is 6.92 Å². The van der Waals surface area contributed by atoms with Crippen LogP contribution >= 0.6 is 0 Å². The number of nitrogens with zero attached hydrogens (tertiary/aromatic N) is 2. The Morgan fingerprint density at radius 3 is 2.90 bits per heavy atom. The molecular formula is C14H17F3N2O2. The molecule has 0 aliphatic carbocycles. The molecule has 2 rings (SSSR count). The van der Waals surface area contributed by atoms with Gasteiger partial charge in [0.2, 0.25) is 5.91 Å². The van der Waals surface area contributed by atoms with E-state index in [-0.39, 0.29) is 19.6 Å². The first-order valence-electron chi connectivity index (χ1n) is 6.76. The minimum atomic E-state index is -4.48. The molecule has 116 valence electrons. The first-order valence-corrected chi connectivity index (χ1v) is 6.76. The second kappa shape index (κ2) is 6.43. The van der Waals surface area contributed by atoms with E-state index in [9.17, 15) is 18.0 Å². The lowest BCUT2D eigenvalue weighted by atomic mass is 10.1. The van der Waals surface area contributed by atoms with E-state index >= 15 is 0 Å². The Hall–Kier alpha value is -1.63. The van der Waals surface area contributed by atoms with Crippen LogP contribution in [-0.2, 0) is 16.0 Å². The van der Waals surface area contributed by atoms with E-state index in [2.05, 4.69) is 4.98 Å². The normalized spacial score (nSPS) is 23.1. The number of alkyl halides is 3. The molecule has 4 nitrogen and oxygen atoms in total. The number of carbonyl (C=O) groups excluding carboxylic acids is 1. The van der Waals surface area contributed by atoms with E-state index in [0.29, 0.717) is 6.42 Å². The van der Waals surface area contributed by atoms with Crippen molar-refractivity contribution in [3.05, 3.63) is 30.1 Å². The lowest BCUT2D eigenvalue weighted by molar-refractivity contribution is -0.230. The van der Waals surface area contributed by atoms with Gasteiger partial charge in [-0.3, -0.25) is 9.78 Å². The Labute approximate surface area is 120 Å². The molecule has 0 radical (unpaired) electrons. The number of aromatic nitrogens is 1. The van der Waals surface area contributed by atoms with Crippen molar-refractivity contribution in [3.63, 3.8) is 0 Å². The number of pyridine rings is 1. The van der Waals surface area contributed by atoms with Gasteiger partial charge in [-0.05, 0) is 25.0 Å². The third-order valence-electron chi connectivity index (χ3n) is 3.50. The zero-order valence-corrected chi connectivity index (χ0v) is 11.6. The van der Waals surface area contributed by atoms with E-state index in [1.54, 1.807) is 24.5 Å². The van der Waals surface area contributed by atoms with E-state index in [4.69, 9.17) is 4.74 Å². The molecule has 1 aliphatic rings. The van der Waals surface area contributed by atoms with Crippen LogP contribution in [0.15, 0.2) is 24.5 Å². The Balaban J connectivity index is 2.02. The van der Waals surface area contributed by atoms with Crippen molar-refractivity contribution in [2.45, 2.75) is 38.1 Å². The molecule has 1 saturated heterocycles. The topological polar surface area (TPSA) is 42.4 Å². The average Bonchev–Trinajstić information content (AvgIpc) is 2.44. The third-order valence-corrected chi connectivity index (χ3v) is 3.50. The summed E-state index contributed by atoms with van der Waals surface area (Å²) in [6.07, 6.45) is -1.90. The van der Waals surface area contributed by atoms with E-state index in [1.807, 2.05) is 0 Å². The van der Waals surface area contributed by atoms with E-state index < -0.39 is 24.2 Å². The Bertz CT molecular complexity index is 479. The highest BCUT2D eigenvalue weighted by Crippen LogP contribution is 2.31. The number of hydrogen-bond donors (Lipinski definition) is 0. The van der Waals surface area contributed by atoms with Gasteiger partial charge < -0.3 is 9.64 Å². The van der Waals surface area contributed by atoms with Gasteiger partial charge in [0.25, 0.3) is 0 Å². The molecule has 0 unspecified atom stereocenters. The van der Waals surface area contributed by atoms with Crippen LogP contribution in [-0.4, -0.2) is 47.3 Å². The molecule has 0 aromatic carbocycles. The van der Waals surface area contributed by atoms with Gasteiger partial charge in [0.05, 0.1) is 12.7 Å². The fourth-order valence-corrected chi connectivity index (χ4v) is 2.48. The summed E-state index contributed by atoms with van der Waals surface area (Å²) in [6, 6.07) is 1.66. The summed E-state index contributed by atoms with van der Waals surface area (Å²) in [5.41, 5.74) is 0.829. The predicted octanol–water partition coefficient (Wildman–Crippen LogP) is 2.19. The highest BCUT2D eigenvalue weighted by molar-refractivity contribution is 5.77. The van der Waals surface area contributed by atoms with Crippen molar-refractivity contribution in [1.82, 2.24) is 9.88 Å². The number of rotatable bonds is 3. The summed E-state index contributed by atoms with van der Waals surface area (Å²) >= 11 is 0. The number of amides is 1. The van der Waals surface area contributed by atoms with Gasteiger partial charge >= 0.3 is 6.18 Å². The van der Waals surface area contributed by atoms with Gasteiger partial charge in [0, 0.05) is 25.4 Å². The summed E-state index contributed by atoms with van der Waals surface area (Å²) < 4.78 is 44.3. The highest BCUT2D eigenvalue weighted by atomic mass is 19.4. The molecule has 1 fully saturated rings. The quantitative estimate of drug-likeness (QED) is 0.859. The molecular weight excluding hydrogens is 285 g/mol. The van der Waals surface area contributed by atoms with Crippen molar-refractivity contribution < 1.29 is 22.7 Å². The number of carbonyl (C=O) groups is 1. The summed E-state index contributed by atoms with van der Waals surface area (Å²) in [6.45, 7) is 1.45. The molecule has 1 amide bonds. The van der Waals surface area contributed by atoms with Gasteiger partial charge in [-0.25, -0.2) is 0 Å². The Morgan fingerprint density at radius 2 is 2.29 bits per heavy atom. The predicted molar refractivity (Wildman–Crippen MR) is 69.5 cm³/mol. The largest absolute Gasteiger partial charge is 0.411 e. The van der Waals surface area contributed by atoms with Crippen LogP contribution in [0.25, 0.3) is 0 Å². The van der Waals surface area contributed by atoms with Crippen molar-refractivity contribution >= 4 is 5.91 Å².